The number of nitrogens with zero attached hydrogens (tertiary/aromatic N) is 1. The Kier molecular flexibility index (Phi) is 7.75. The molecule has 0 saturated carbocycles. The van der Waals surface area contributed by atoms with E-state index in [9.17, 15) is 18.5 Å². The van der Waals surface area contributed by atoms with E-state index in [2.05, 4.69) is 4.72 Å². The van der Waals surface area contributed by atoms with Crippen LogP contribution in [0.1, 0.15) is 22.6 Å². The van der Waals surface area contributed by atoms with Gasteiger partial charge in [-0.25, -0.2) is 13.1 Å². The average Bonchev–Trinajstić information content (AvgIpc) is 2.84. The highest BCUT2D eigenvalue weighted by atomic mass is 32.2. The van der Waals surface area contributed by atoms with Gasteiger partial charge in [0.25, 0.3) is 5.69 Å². The summed E-state index contributed by atoms with van der Waals surface area (Å²) in [6.45, 7) is 1.95. The molecule has 0 bridgehead atoms. The fourth-order valence-corrected chi connectivity index (χ4v) is 4.63. The van der Waals surface area contributed by atoms with E-state index in [4.69, 9.17) is 14.2 Å². The van der Waals surface area contributed by atoms with Crippen LogP contribution in [0.3, 0.4) is 0 Å². The minimum Gasteiger partial charge on any atom is -0.496 e. The summed E-state index contributed by atoms with van der Waals surface area (Å²) in [5.74, 6) is 1.03. The van der Waals surface area contributed by atoms with Gasteiger partial charge in [0.15, 0.2) is 0 Å². The quantitative estimate of drug-likeness (QED) is 0.339. The summed E-state index contributed by atoms with van der Waals surface area (Å²) in [5.41, 5.74) is 2.37. The maximum Gasteiger partial charge on any atom is 0.269 e. The third-order valence-corrected chi connectivity index (χ3v) is 6.86. The summed E-state index contributed by atoms with van der Waals surface area (Å²) in [6, 6.07) is 15.9. The van der Waals surface area contributed by atoms with Gasteiger partial charge in [-0.15, -0.1) is 0 Å². The lowest BCUT2D eigenvalue weighted by molar-refractivity contribution is -0.384. The standard InChI is InChI=1S/C24H26N2O7S/c1-16-5-7-17(8-6-16)21(24-22(32-3)13-19(31-2)14-23(24)33-4)15-25-34(29,30)20-11-9-18(10-12-20)26(27)28/h5-14,21,25H,15H2,1-4H3. The van der Waals surface area contributed by atoms with Gasteiger partial charge in [0.05, 0.1) is 31.1 Å². The van der Waals surface area contributed by atoms with Crippen molar-refractivity contribution in [3.8, 4) is 17.2 Å². The zero-order valence-corrected chi connectivity index (χ0v) is 20.1. The number of non-ortho nitro benzene ring substituents is 1. The predicted molar refractivity (Wildman–Crippen MR) is 127 cm³/mol. The van der Waals surface area contributed by atoms with Crippen molar-refractivity contribution in [2.45, 2.75) is 17.7 Å². The molecule has 3 aromatic carbocycles. The summed E-state index contributed by atoms with van der Waals surface area (Å²) in [5, 5.41) is 10.9. The summed E-state index contributed by atoms with van der Waals surface area (Å²) in [6.07, 6.45) is 0. The highest BCUT2D eigenvalue weighted by molar-refractivity contribution is 7.89. The first-order chi connectivity index (χ1) is 16.2. The zero-order valence-electron chi connectivity index (χ0n) is 19.3. The maximum atomic E-state index is 13.0. The Bertz CT molecular complexity index is 1230. The molecule has 0 amide bonds. The normalized spacial score (nSPS) is 12.1. The van der Waals surface area contributed by atoms with Crippen molar-refractivity contribution in [1.82, 2.24) is 4.72 Å². The van der Waals surface area contributed by atoms with Crippen molar-refractivity contribution in [2.24, 2.45) is 0 Å². The molecular formula is C24H26N2O7S. The largest absolute Gasteiger partial charge is 0.496 e. The van der Waals surface area contributed by atoms with E-state index in [1.165, 1.54) is 33.5 Å². The summed E-state index contributed by atoms with van der Waals surface area (Å²) in [4.78, 5) is 10.2. The molecule has 0 aliphatic heterocycles. The zero-order chi connectivity index (χ0) is 24.9. The number of aryl methyl sites for hydroxylation is 1. The Labute approximate surface area is 198 Å². The molecule has 3 rings (SSSR count). The SMILES string of the molecule is COc1cc(OC)c(C(CNS(=O)(=O)c2ccc([N+](=O)[O-])cc2)c2ccc(C)cc2)c(OC)c1. The molecule has 10 heteroatoms. The highest BCUT2D eigenvalue weighted by Gasteiger charge is 2.26. The molecule has 1 unspecified atom stereocenters. The number of rotatable bonds is 10. The molecule has 0 radical (unpaired) electrons. The van der Waals surface area contributed by atoms with Crippen LogP contribution in [0.15, 0.2) is 65.6 Å². The van der Waals surface area contributed by atoms with Crippen LogP contribution < -0.4 is 18.9 Å². The van der Waals surface area contributed by atoms with Crippen LogP contribution in [0.25, 0.3) is 0 Å². The monoisotopic (exact) mass is 486 g/mol. The van der Waals surface area contributed by atoms with Crippen molar-refractivity contribution in [3.63, 3.8) is 0 Å². The van der Waals surface area contributed by atoms with Crippen molar-refractivity contribution in [3.05, 3.63) is 87.5 Å². The Hall–Kier alpha value is -3.63. The molecule has 9 nitrogen and oxygen atoms in total. The maximum absolute atomic E-state index is 13.0. The van der Waals surface area contributed by atoms with Crippen LogP contribution in [0.4, 0.5) is 5.69 Å². The molecule has 3 aromatic rings. The smallest absolute Gasteiger partial charge is 0.269 e. The van der Waals surface area contributed by atoms with Crippen LogP contribution >= 0.6 is 0 Å². The molecular weight excluding hydrogens is 460 g/mol. The van der Waals surface area contributed by atoms with Gasteiger partial charge in [-0.1, -0.05) is 29.8 Å². The van der Waals surface area contributed by atoms with E-state index in [1.54, 1.807) is 12.1 Å². The van der Waals surface area contributed by atoms with Gasteiger partial charge >= 0.3 is 0 Å². The van der Waals surface area contributed by atoms with Gasteiger partial charge in [0.2, 0.25) is 10.0 Å². The van der Waals surface area contributed by atoms with Crippen molar-refractivity contribution in [2.75, 3.05) is 27.9 Å². The lowest BCUT2D eigenvalue weighted by Gasteiger charge is -2.24. The van der Waals surface area contributed by atoms with Crippen LogP contribution in [-0.2, 0) is 10.0 Å². The van der Waals surface area contributed by atoms with Crippen molar-refractivity contribution in [1.29, 1.82) is 0 Å². The van der Waals surface area contributed by atoms with Crippen molar-refractivity contribution < 1.29 is 27.6 Å². The molecule has 0 fully saturated rings. The van der Waals surface area contributed by atoms with E-state index in [0.29, 0.717) is 22.8 Å². The fraction of sp³-hybridized carbons (Fsp3) is 0.250. The molecule has 1 atom stereocenters. The van der Waals surface area contributed by atoms with E-state index < -0.39 is 20.9 Å². The minimum atomic E-state index is -3.95. The molecule has 0 spiro atoms. The molecule has 0 aliphatic rings. The minimum absolute atomic E-state index is 0.0125. The second-order valence-corrected chi connectivity index (χ2v) is 9.28. The van der Waals surface area contributed by atoms with Crippen LogP contribution in [0, 0.1) is 17.0 Å². The van der Waals surface area contributed by atoms with Crippen LogP contribution in [0.5, 0.6) is 17.2 Å². The second-order valence-electron chi connectivity index (χ2n) is 7.51. The molecule has 0 heterocycles. The van der Waals surface area contributed by atoms with Gasteiger partial charge in [-0.3, -0.25) is 10.1 Å². The van der Waals surface area contributed by atoms with E-state index in [0.717, 1.165) is 23.3 Å². The average molecular weight is 487 g/mol. The number of sulfonamides is 1. The number of nitrogens with one attached hydrogen (secondary N) is 1. The Balaban J connectivity index is 2.03. The lowest BCUT2D eigenvalue weighted by atomic mass is 9.89. The lowest BCUT2D eigenvalue weighted by Crippen LogP contribution is -2.29. The fourth-order valence-electron chi connectivity index (χ4n) is 3.58. The number of nitro benzene ring substituents is 1. The second kappa shape index (κ2) is 10.5. The summed E-state index contributed by atoms with van der Waals surface area (Å²) in [7, 11) is 0.616. The third-order valence-electron chi connectivity index (χ3n) is 5.42. The van der Waals surface area contributed by atoms with Crippen molar-refractivity contribution >= 4 is 15.7 Å². The third kappa shape index (κ3) is 5.46. The first-order valence-corrected chi connectivity index (χ1v) is 11.8. The molecule has 0 saturated heterocycles. The number of nitro groups is 1. The predicted octanol–water partition coefficient (Wildman–Crippen LogP) is 4.04. The summed E-state index contributed by atoms with van der Waals surface area (Å²) >= 11 is 0. The summed E-state index contributed by atoms with van der Waals surface area (Å²) < 4.78 is 45.1. The van der Waals surface area contributed by atoms with E-state index in [1.807, 2.05) is 31.2 Å². The number of hydrogen-bond acceptors (Lipinski definition) is 7. The van der Waals surface area contributed by atoms with Gasteiger partial charge in [-0.2, -0.15) is 0 Å². The molecule has 1 N–H and O–H groups in total. The van der Waals surface area contributed by atoms with Gasteiger partial charge in [0.1, 0.15) is 17.2 Å². The number of ether oxygens (including phenoxy) is 3. The van der Waals surface area contributed by atoms with Gasteiger partial charge in [-0.05, 0) is 24.6 Å². The Morgan fingerprint density at radius 2 is 1.47 bits per heavy atom. The first-order valence-electron chi connectivity index (χ1n) is 10.3. The Morgan fingerprint density at radius 1 is 0.912 bits per heavy atom. The molecule has 180 valence electrons. The van der Waals surface area contributed by atoms with Crippen LogP contribution in [0.2, 0.25) is 0 Å². The molecule has 34 heavy (non-hydrogen) atoms. The Morgan fingerprint density at radius 3 is 1.94 bits per heavy atom. The first kappa shape index (κ1) is 25.0. The van der Waals surface area contributed by atoms with E-state index in [-0.39, 0.29) is 17.1 Å². The number of methoxy groups -OCH3 is 3. The number of hydrogen-bond donors (Lipinski definition) is 1. The topological polar surface area (TPSA) is 117 Å². The highest BCUT2D eigenvalue weighted by Crippen LogP contribution is 2.42. The van der Waals surface area contributed by atoms with Crippen LogP contribution in [-0.4, -0.2) is 41.2 Å². The number of benzene rings is 3. The molecule has 0 aliphatic carbocycles. The molecule has 0 aromatic heterocycles. The van der Waals surface area contributed by atoms with E-state index >= 15 is 0 Å². The van der Waals surface area contributed by atoms with Gasteiger partial charge in [0, 0.05) is 42.3 Å². The van der Waals surface area contributed by atoms with Gasteiger partial charge < -0.3 is 14.2 Å².